The molecule has 0 aliphatic carbocycles. The zero-order chi connectivity index (χ0) is 17.1. The maximum atomic E-state index is 12.6. The summed E-state index contributed by atoms with van der Waals surface area (Å²) in [5.41, 5.74) is 3.63. The largest absolute Gasteiger partial charge is 0.361 e. The average molecular weight is 332 g/mol. The second-order valence-electron chi connectivity index (χ2n) is 7.09. The van der Waals surface area contributed by atoms with Crippen molar-refractivity contribution in [2.45, 2.75) is 25.7 Å². The number of likely N-dealkylation sites (tertiary alicyclic amines) is 1. The highest BCUT2D eigenvalue weighted by Crippen LogP contribution is 2.22. The fourth-order valence-corrected chi connectivity index (χ4v) is 3.83. The molecule has 4 rings (SSSR count). The fraction of sp³-hybridized carbons (Fsp3) is 0.318. The molecule has 3 heteroatoms. The third-order valence-corrected chi connectivity index (χ3v) is 5.31. The van der Waals surface area contributed by atoms with Crippen molar-refractivity contribution >= 4 is 16.8 Å². The molecule has 0 atom stereocenters. The van der Waals surface area contributed by atoms with E-state index in [2.05, 4.69) is 59.6 Å². The van der Waals surface area contributed by atoms with E-state index < -0.39 is 0 Å². The summed E-state index contributed by atoms with van der Waals surface area (Å²) in [6, 6.07) is 19.0. The lowest BCUT2D eigenvalue weighted by molar-refractivity contribution is -0.131. The smallest absolute Gasteiger partial charge is 0.226 e. The van der Waals surface area contributed by atoms with E-state index in [0.29, 0.717) is 12.3 Å². The van der Waals surface area contributed by atoms with Crippen molar-refractivity contribution in [3.63, 3.8) is 0 Å². The molecule has 0 saturated carbocycles. The van der Waals surface area contributed by atoms with Gasteiger partial charge in [0.2, 0.25) is 5.91 Å². The first-order chi connectivity index (χ1) is 12.3. The van der Waals surface area contributed by atoms with Crippen LogP contribution in [0.2, 0.25) is 0 Å². The van der Waals surface area contributed by atoms with Gasteiger partial charge in [-0.25, -0.2) is 0 Å². The van der Waals surface area contributed by atoms with Crippen LogP contribution >= 0.6 is 0 Å². The Hall–Kier alpha value is -2.55. The van der Waals surface area contributed by atoms with Crippen LogP contribution in [-0.4, -0.2) is 28.9 Å². The minimum atomic E-state index is 0.257. The second-order valence-corrected chi connectivity index (χ2v) is 7.09. The Bertz CT molecular complexity index is 845. The first-order valence-electron chi connectivity index (χ1n) is 9.15. The lowest BCUT2D eigenvalue weighted by Crippen LogP contribution is -2.39. The molecule has 0 unspecified atom stereocenters. The van der Waals surface area contributed by atoms with E-state index in [4.69, 9.17) is 0 Å². The summed E-state index contributed by atoms with van der Waals surface area (Å²) < 4.78 is 0. The third-order valence-electron chi connectivity index (χ3n) is 5.31. The molecule has 25 heavy (non-hydrogen) atoms. The van der Waals surface area contributed by atoms with Crippen molar-refractivity contribution in [3.05, 3.63) is 71.9 Å². The summed E-state index contributed by atoms with van der Waals surface area (Å²) in [5.74, 6) is 0.954. The van der Waals surface area contributed by atoms with Crippen LogP contribution in [0.15, 0.2) is 60.8 Å². The fourth-order valence-electron chi connectivity index (χ4n) is 3.83. The summed E-state index contributed by atoms with van der Waals surface area (Å²) in [6.07, 6.45) is 5.79. The van der Waals surface area contributed by atoms with Crippen LogP contribution in [-0.2, 0) is 17.6 Å². The molecular formula is C22H24N2O. The van der Waals surface area contributed by atoms with Crippen molar-refractivity contribution in [1.82, 2.24) is 9.88 Å². The van der Waals surface area contributed by atoms with E-state index in [1.165, 1.54) is 10.9 Å². The molecule has 2 heterocycles. The Morgan fingerprint density at radius 2 is 1.80 bits per heavy atom. The normalized spacial score (nSPS) is 15.6. The maximum Gasteiger partial charge on any atom is 0.226 e. The van der Waals surface area contributed by atoms with Crippen molar-refractivity contribution in [1.29, 1.82) is 0 Å². The Morgan fingerprint density at radius 3 is 2.60 bits per heavy atom. The summed E-state index contributed by atoms with van der Waals surface area (Å²) in [4.78, 5) is 17.9. The molecule has 1 N–H and O–H groups in total. The summed E-state index contributed by atoms with van der Waals surface area (Å²) in [5, 5.41) is 1.17. The highest BCUT2D eigenvalue weighted by molar-refractivity contribution is 5.83. The van der Waals surface area contributed by atoms with Crippen LogP contribution in [0.5, 0.6) is 0 Å². The predicted molar refractivity (Wildman–Crippen MR) is 101 cm³/mol. The molecule has 0 spiro atoms. The van der Waals surface area contributed by atoms with Gasteiger partial charge in [-0.05, 0) is 59.9 Å². The molecule has 3 nitrogen and oxygen atoms in total. The average Bonchev–Trinajstić information content (AvgIpc) is 3.11. The highest BCUT2D eigenvalue weighted by Gasteiger charge is 2.23. The van der Waals surface area contributed by atoms with Gasteiger partial charge >= 0.3 is 0 Å². The standard InChI is InChI=1S/C22H24N2O/c25-22(16-19-6-7-21-20(15-19)8-11-23-21)24-12-9-18(10-13-24)14-17-4-2-1-3-5-17/h1-8,11,15,18,23H,9-10,12-14,16H2. The number of H-pyrrole nitrogens is 1. The van der Waals surface area contributed by atoms with Crippen molar-refractivity contribution in [3.8, 4) is 0 Å². The van der Waals surface area contributed by atoms with Gasteiger partial charge in [-0.2, -0.15) is 0 Å². The molecule has 2 aromatic carbocycles. The maximum absolute atomic E-state index is 12.6. The highest BCUT2D eigenvalue weighted by atomic mass is 16.2. The molecule has 1 aliphatic rings. The number of rotatable bonds is 4. The van der Waals surface area contributed by atoms with Crippen LogP contribution in [0, 0.1) is 5.92 Å². The molecule has 1 saturated heterocycles. The van der Waals surface area contributed by atoms with Crippen molar-refractivity contribution < 1.29 is 4.79 Å². The van der Waals surface area contributed by atoms with E-state index >= 15 is 0 Å². The van der Waals surface area contributed by atoms with Crippen LogP contribution in [0.4, 0.5) is 0 Å². The van der Waals surface area contributed by atoms with Gasteiger partial charge in [0.05, 0.1) is 6.42 Å². The van der Waals surface area contributed by atoms with Crippen molar-refractivity contribution in [2.75, 3.05) is 13.1 Å². The number of piperidine rings is 1. The number of aromatic nitrogens is 1. The molecular weight excluding hydrogens is 308 g/mol. The first kappa shape index (κ1) is 15.9. The Morgan fingerprint density at radius 1 is 1.00 bits per heavy atom. The zero-order valence-corrected chi connectivity index (χ0v) is 14.4. The lowest BCUT2D eigenvalue weighted by Gasteiger charge is -2.32. The Labute approximate surface area is 148 Å². The van der Waals surface area contributed by atoms with Gasteiger partial charge in [0, 0.05) is 24.8 Å². The molecule has 3 aromatic rings. The van der Waals surface area contributed by atoms with E-state index in [1.807, 2.05) is 11.1 Å². The van der Waals surface area contributed by atoms with Crippen molar-refractivity contribution in [2.24, 2.45) is 5.92 Å². The number of carbonyl (C=O) groups is 1. The number of carbonyl (C=O) groups excluding carboxylic acids is 1. The number of hydrogen-bond acceptors (Lipinski definition) is 1. The number of amides is 1. The molecule has 1 fully saturated rings. The SMILES string of the molecule is O=C(Cc1ccc2[nH]ccc2c1)N1CCC(Cc2ccccc2)CC1. The molecule has 1 aliphatic heterocycles. The van der Waals surface area contributed by atoms with E-state index in [1.54, 1.807) is 0 Å². The number of nitrogens with zero attached hydrogens (tertiary/aromatic N) is 1. The summed E-state index contributed by atoms with van der Waals surface area (Å²) >= 11 is 0. The van der Waals surface area contributed by atoms with Gasteiger partial charge in [0.15, 0.2) is 0 Å². The van der Waals surface area contributed by atoms with E-state index in [0.717, 1.165) is 43.4 Å². The van der Waals surface area contributed by atoms with E-state index in [9.17, 15) is 4.79 Å². The van der Waals surface area contributed by atoms with Gasteiger partial charge in [0.1, 0.15) is 0 Å². The summed E-state index contributed by atoms with van der Waals surface area (Å²) in [6.45, 7) is 1.78. The van der Waals surface area contributed by atoms with Gasteiger partial charge in [-0.15, -0.1) is 0 Å². The van der Waals surface area contributed by atoms with Crippen LogP contribution in [0.3, 0.4) is 0 Å². The van der Waals surface area contributed by atoms with Crippen LogP contribution in [0.1, 0.15) is 24.0 Å². The monoisotopic (exact) mass is 332 g/mol. The molecule has 1 aromatic heterocycles. The van der Waals surface area contributed by atoms with Gasteiger partial charge in [-0.3, -0.25) is 4.79 Å². The Kier molecular flexibility index (Phi) is 4.55. The molecule has 0 bridgehead atoms. The number of nitrogens with one attached hydrogen (secondary N) is 1. The molecule has 0 radical (unpaired) electrons. The number of fused-ring (bicyclic) bond motifs is 1. The topological polar surface area (TPSA) is 36.1 Å². The minimum absolute atomic E-state index is 0.257. The Balaban J connectivity index is 1.31. The van der Waals surface area contributed by atoms with E-state index in [-0.39, 0.29) is 5.91 Å². The van der Waals surface area contributed by atoms with Gasteiger partial charge in [0.25, 0.3) is 0 Å². The number of benzene rings is 2. The number of hydrogen-bond donors (Lipinski definition) is 1. The third kappa shape index (κ3) is 3.76. The minimum Gasteiger partial charge on any atom is -0.361 e. The number of aromatic amines is 1. The predicted octanol–water partition coefficient (Wildman–Crippen LogP) is 4.19. The first-order valence-corrected chi connectivity index (χ1v) is 9.15. The van der Waals surface area contributed by atoms with Crippen LogP contribution in [0.25, 0.3) is 10.9 Å². The lowest BCUT2D eigenvalue weighted by atomic mass is 9.90. The second kappa shape index (κ2) is 7.14. The van der Waals surface area contributed by atoms with Gasteiger partial charge < -0.3 is 9.88 Å². The molecule has 1 amide bonds. The van der Waals surface area contributed by atoms with Crippen LogP contribution < -0.4 is 0 Å². The van der Waals surface area contributed by atoms with Gasteiger partial charge in [-0.1, -0.05) is 36.4 Å². The summed E-state index contributed by atoms with van der Waals surface area (Å²) in [7, 11) is 0. The quantitative estimate of drug-likeness (QED) is 0.764. The zero-order valence-electron chi connectivity index (χ0n) is 14.4. The molecule has 128 valence electrons.